The van der Waals surface area contributed by atoms with Crippen LogP contribution in [0, 0.1) is 0 Å². The molecule has 2 aromatic heterocycles. The molecule has 18 heavy (non-hydrogen) atoms. The SMILES string of the molecule is Cn1cc(NCc2cn(C)c(=O)n(C)c2=O)cn1. The second-order valence-electron chi connectivity index (χ2n) is 4.17. The van der Waals surface area contributed by atoms with Crippen molar-refractivity contribution in [2.75, 3.05) is 5.32 Å². The molecule has 0 saturated heterocycles. The van der Waals surface area contributed by atoms with Crippen LogP contribution in [-0.2, 0) is 27.7 Å². The topological polar surface area (TPSA) is 73.8 Å². The molecular formula is C11H15N5O2. The molecular weight excluding hydrogens is 234 g/mol. The van der Waals surface area contributed by atoms with Crippen LogP contribution in [0.15, 0.2) is 28.2 Å². The molecule has 7 heteroatoms. The summed E-state index contributed by atoms with van der Waals surface area (Å²) in [5.41, 5.74) is 0.747. The summed E-state index contributed by atoms with van der Waals surface area (Å²) in [5, 5.41) is 7.10. The first-order valence-corrected chi connectivity index (χ1v) is 5.47. The van der Waals surface area contributed by atoms with Gasteiger partial charge in [0.05, 0.1) is 17.4 Å². The third-order valence-corrected chi connectivity index (χ3v) is 2.71. The number of nitrogens with zero attached hydrogens (tertiary/aromatic N) is 4. The van der Waals surface area contributed by atoms with E-state index in [4.69, 9.17) is 0 Å². The Morgan fingerprint density at radius 1 is 1.22 bits per heavy atom. The minimum absolute atomic E-state index is 0.283. The Hall–Kier alpha value is -2.31. The molecule has 0 aliphatic heterocycles. The van der Waals surface area contributed by atoms with Crippen molar-refractivity contribution in [3.63, 3.8) is 0 Å². The quantitative estimate of drug-likeness (QED) is 0.790. The molecule has 0 aliphatic carbocycles. The normalized spacial score (nSPS) is 10.6. The van der Waals surface area contributed by atoms with Gasteiger partial charge in [0, 0.05) is 40.1 Å². The van der Waals surface area contributed by atoms with E-state index in [9.17, 15) is 9.59 Å². The summed E-state index contributed by atoms with van der Waals surface area (Å²) in [4.78, 5) is 23.4. The van der Waals surface area contributed by atoms with Crippen molar-refractivity contribution in [1.29, 1.82) is 0 Å². The Labute approximate surface area is 103 Å². The third-order valence-electron chi connectivity index (χ3n) is 2.71. The van der Waals surface area contributed by atoms with Gasteiger partial charge in [-0.25, -0.2) is 4.79 Å². The maximum atomic E-state index is 11.9. The zero-order chi connectivity index (χ0) is 13.3. The van der Waals surface area contributed by atoms with E-state index in [2.05, 4.69) is 10.4 Å². The minimum atomic E-state index is -0.329. The van der Waals surface area contributed by atoms with Crippen molar-refractivity contribution in [2.45, 2.75) is 6.54 Å². The average Bonchev–Trinajstić information content (AvgIpc) is 2.75. The Bertz CT molecular complexity index is 679. The maximum absolute atomic E-state index is 11.9. The van der Waals surface area contributed by atoms with Gasteiger partial charge in [-0.05, 0) is 0 Å². The van der Waals surface area contributed by atoms with E-state index in [0.717, 1.165) is 10.3 Å². The maximum Gasteiger partial charge on any atom is 0.330 e. The molecule has 0 aliphatic rings. The van der Waals surface area contributed by atoms with E-state index in [0.29, 0.717) is 12.1 Å². The van der Waals surface area contributed by atoms with Crippen LogP contribution in [0.3, 0.4) is 0 Å². The molecule has 0 fully saturated rings. The van der Waals surface area contributed by atoms with E-state index in [1.165, 1.54) is 11.6 Å². The number of aryl methyl sites for hydroxylation is 2. The van der Waals surface area contributed by atoms with Gasteiger partial charge in [0.2, 0.25) is 0 Å². The van der Waals surface area contributed by atoms with Crippen molar-refractivity contribution in [3.8, 4) is 0 Å². The van der Waals surface area contributed by atoms with Crippen LogP contribution in [0.5, 0.6) is 0 Å². The fraction of sp³-hybridized carbons (Fsp3) is 0.364. The van der Waals surface area contributed by atoms with Crippen LogP contribution < -0.4 is 16.6 Å². The highest BCUT2D eigenvalue weighted by Gasteiger charge is 2.06. The Morgan fingerprint density at radius 2 is 1.94 bits per heavy atom. The summed E-state index contributed by atoms with van der Waals surface area (Å²) in [6, 6.07) is 0. The van der Waals surface area contributed by atoms with E-state index in [1.54, 1.807) is 24.1 Å². The molecule has 2 rings (SSSR count). The highest BCUT2D eigenvalue weighted by atomic mass is 16.2. The third kappa shape index (κ3) is 2.20. The number of aromatic nitrogens is 4. The Balaban J connectivity index is 2.25. The fourth-order valence-electron chi connectivity index (χ4n) is 1.71. The molecule has 2 aromatic rings. The predicted octanol–water partition coefficient (Wildman–Crippen LogP) is -0.570. The minimum Gasteiger partial charge on any atom is -0.378 e. The lowest BCUT2D eigenvalue weighted by atomic mass is 10.3. The van der Waals surface area contributed by atoms with Gasteiger partial charge in [0.1, 0.15) is 0 Å². The second-order valence-corrected chi connectivity index (χ2v) is 4.17. The molecule has 2 heterocycles. The molecule has 7 nitrogen and oxygen atoms in total. The highest BCUT2D eigenvalue weighted by Crippen LogP contribution is 2.04. The summed E-state index contributed by atoms with van der Waals surface area (Å²) >= 11 is 0. The van der Waals surface area contributed by atoms with Crippen LogP contribution in [-0.4, -0.2) is 18.9 Å². The molecule has 0 spiro atoms. The van der Waals surface area contributed by atoms with E-state index < -0.39 is 0 Å². The van der Waals surface area contributed by atoms with Crippen LogP contribution in [0.1, 0.15) is 5.56 Å². The average molecular weight is 249 g/mol. The smallest absolute Gasteiger partial charge is 0.330 e. The first kappa shape index (κ1) is 12.2. The van der Waals surface area contributed by atoms with Crippen molar-refractivity contribution in [3.05, 3.63) is 45.0 Å². The zero-order valence-corrected chi connectivity index (χ0v) is 10.5. The Morgan fingerprint density at radius 3 is 2.56 bits per heavy atom. The van der Waals surface area contributed by atoms with Gasteiger partial charge in [-0.2, -0.15) is 5.10 Å². The molecule has 0 aromatic carbocycles. The first-order chi connectivity index (χ1) is 8.49. The van der Waals surface area contributed by atoms with Gasteiger partial charge in [-0.1, -0.05) is 0 Å². The lowest BCUT2D eigenvalue weighted by Crippen LogP contribution is -2.38. The molecule has 0 unspecified atom stereocenters. The van der Waals surface area contributed by atoms with Crippen molar-refractivity contribution in [1.82, 2.24) is 18.9 Å². The summed E-state index contributed by atoms with van der Waals surface area (Å²) in [6.07, 6.45) is 5.03. The van der Waals surface area contributed by atoms with Crippen LogP contribution in [0.2, 0.25) is 0 Å². The second kappa shape index (κ2) is 4.52. The predicted molar refractivity (Wildman–Crippen MR) is 67.5 cm³/mol. The summed E-state index contributed by atoms with van der Waals surface area (Å²) in [6.45, 7) is 0.354. The van der Waals surface area contributed by atoms with Crippen molar-refractivity contribution >= 4 is 5.69 Å². The summed E-state index contributed by atoms with van der Waals surface area (Å²) in [7, 11) is 4.91. The van der Waals surface area contributed by atoms with Gasteiger partial charge in [0.15, 0.2) is 0 Å². The molecule has 0 radical (unpaired) electrons. The van der Waals surface area contributed by atoms with Crippen molar-refractivity contribution < 1.29 is 0 Å². The van der Waals surface area contributed by atoms with Crippen molar-refractivity contribution in [2.24, 2.45) is 21.1 Å². The largest absolute Gasteiger partial charge is 0.378 e. The summed E-state index contributed by atoms with van der Waals surface area (Å²) in [5.74, 6) is 0. The number of hydrogen-bond acceptors (Lipinski definition) is 4. The van der Waals surface area contributed by atoms with E-state index in [1.807, 2.05) is 13.2 Å². The van der Waals surface area contributed by atoms with Crippen LogP contribution >= 0.6 is 0 Å². The van der Waals surface area contributed by atoms with Crippen LogP contribution in [0.25, 0.3) is 0 Å². The number of hydrogen-bond donors (Lipinski definition) is 1. The molecule has 96 valence electrons. The van der Waals surface area contributed by atoms with Crippen LogP contribution in [0.4, 0.5) is 5.69 Å². The number of anilines is 1. The number of nitrogens with one attached hydrogen (secondary N) is 1. The molecule has 0 amide bonds. The van der Waals surface area contributed by atoms with Gasteiger partial charge < -0.3 is 9.88 Å². The van der Waals surface area contributed by atoms with Gasteiger partial charge >= 0.3 is 5.69 Å². The summed E-state index contributed by atoms with van der Waals surface area (Å²) < 4.78 is 4.16. The Kier molecular flexibility index (Phi) is 3.05. The fourth-order valence-corrected chi connectivity index (χ4v) is 1.71. The van der Waals surface area contributed by atoms with E-state index in [-0.39, 0.29) is 11.2 Å². The van der Waals surface area contributed by atoms with E-state index >= 15 is 0 Å². The monoisotopic (exact) mass is 249 g/mol. The first-order valence-electron chi connectivity index (χ1n) is 5.47. The van der Waals surface area contributed by atoms with Gasteiger partial charge in [-0.15, -0.1) is 0 Å². The van der Waals surface area contributed by atoms with Gasteiger partial charge in [0.25, 0.3) is 5.56 Å². The molecule has 1 N–H and O–H groups in total. The zero-order valence-electron chi connectivity index (χ0n) is 10.5. The number of rotatable bonds is 3. The molecule has 0 atom stereocenters. The molecule has 0 saturated carbocycles. The standard InChI is InChI=1S/C11H15N5O2/c1-14-6-8(10(17)16(3)11(14)18)4-12-9-5-13-15(2)7-9/h5-7,12H,4H2,1-3H3. The lowest BCUT2D eigenvalue weighted by molar-refractivity contribution is 0.671. The highest BCUT2D eigenvalue weighted by molar-refractivity contribution is 5.38. The molecule has 0 bridgehead atoms. The lowest BCUT2D eigenvalue weighted by Gasteiger charge is -2.07. The van der Waals surface area contributed by atoms with Gasteiger partial charge in [-0.3, -0.25) is 14.0 Å².